The highest BCUT2D eigenvalue weighted by Gasteiger charge is 2.13. The summed E-state index contributed by atoms with van der Waals surface area (Å²) < 4.78 is 1.61. The Labute approximate surface area is 103 Å². The van der Waals surface area contributed by atoms with Gasteiger partial charge in [0.2, 0.25) is 0 Å². The van der Waals surface area contributed by atoms with Gasteiger partial charge in [0, 0.05) is 30.9 Å². The highest BCUT2D eigenvalue weighted by molar-refractivity contribution is 5.66. The van der Waals surface area contributed by atoms with E-state index in [1.807, 2.05) is 19.1 Å². The lowest BCUT2D eigenvalue weighted by atomic mass is 10.1. The molecule has 1 atom stereocenters. The summed E-state index contributed by atoms with van der Waals surface area (Å²) in [6.07, 6.45) is 3.42. The Balaban J connectivity index is 2.16. The van der Waals surface area contributed by atoms with Gasteiger partial charge in [0.25, 0.3) is 0 Å². The summed E-state index contributed by atoms with van der Waals surface area (Å²) >= 11 is 0. The van der Waals surface area contributed by atoms with Crippen LogP contribution in [0.1, 0.15) is 13.3 Å². The molecule has 94 valence electrons. The number of nitrogens with zero attached hydrogens (tertiary/aromatic N) is 5. The van der Waals surface area contributed by atoms with Crippen LogP contribution < -0.4 is 0 Å². The molecule has 0 bridgehead atoms. The summed E-state index contributed by atoms with van der Waals surface area (Å²) in [6, 6.07) is 3.62. The van der Waals surface area contributed by atoms with Crippen molar-refractivity contribution in [3.8, 4) is 11.4 Å². The van der Waals surface area contributed by atoms with Crippen LogP contribution in [0.5, 0.6) is 0 Å². The number of carboxylic acids is 1. The summed E-state index contributed by atoms with van der Waals surface area (Å²) in [7, 11) is 0. The second-order valence-electron chi connectivity index (χ2n) is 4.12. The van der Waals surface area contributed by atoms with E-state index in [4.69, 9.17) is 5.11 Å². The molecule has 0 spiro atoms. The van der Waals surface area contributed by atoms with E-state index in [2.05, 4.69) is 20.5 Å². The summed E-state index contributed by atoms with van der Waals surface area (Å²) in [5, 5.41) is 20.2. The number of aliphatic carboxylic acids is 1. The number of aromatic nitrogens is 5. The van der Waals surface area contributed by atoms with Gasteiger partial charge in [-0.15, -0.1) is 5.10 Å². The highest BCUT2D eigenvalue weighted by atomic mass is 16.4. The van der Waals surface area contributed by atoms with Gasteiger partial charge < -0.3 is 5.11 Å². The largest absolute Gasteiger partial charge is 0.481 e. The van der Waals surface area contributed by atoms with Crippen molar-refractivity contribution < 1.29 is 9.90 Å². The molecule has 2 heterocycles. The van der Waals surface area contributed by atoms with Crippen molar-refractivity contribution in [2.75, 3.05) is 0 Å². The maximum Gasteiger partial charge on any atom is 0.303 e. The standard InChI is InChI=1S/C11H13N5O2/c1-8(6-10(17)18)7-16-11(13-14-15-16)9-2-4-12-5-3-9/h2-5,8H,6-7H2,1H3,(H,17,18). The molecule has 1 N–H and O–H groups in total. The van der Waals surface area contributed by atoms with Gasteiger partial charge in [-0.25, -0.2) is 4.68 Å². The SMILES string of the molecule is CC(CC(=O)O)Cn1nnnc1-c1ccncc1. The fourth-order valence-electron chi connectivity index (χ4n) is 1.69. The monoisotopic (exact) mass is 247 g/mol. The Morgan fingerprint density at radius 1 is 1.44 bits per heavy atom. The van der Waals surface area contributed by atoms with Gasteiger partial charge in [-0.05, 0) is 28.5 Å². The first-order chi connectivity index (χ1) is 8.66. The number of tetrazole rings is 1. The minimum absolute atomic E-state index is 0.0356. The Hall–Kier alpha value is -2.31. The fourth-order valence-corrected chi connectivity index (χ4v) is 1.69. The van der Waals surface area contributed by atoms with Crippen LogP contribution in [0.15, 0.2) is 24.5 Å². The lowest BCUT2D eigenvalue weighted by Crippen LogP contribution is -2.14. The number of hydrogen-bond acceptors (Lipinski definition) is 5. The predicted molar refractivity (Wildman–Crippen MR) is 62.5 cm³/mol. The first-order valence-corrected chi connectivity index (χ1v) is 5.55. The van der Waals surface area contributed by atoms with Crippen LogP contribution >= 0.6 is 0 Å². The zero-order valence-corrected chi connectivity index (χ0v) is 9.89. The molecule has 0 fully saturated rings. The smallest absolute Gasteiger partial charge is 0.303 e. The Kier molecular flexibility index (Phi) is 3.61. The van der Waals surface area contributed by atoms with E-state index in [0.717, 1.165) is 5.56 Å². The van der Waals surface area contributed by atoms with Crippen LogP contribution in [0.4, 0.5) is 0 Å². The minimum atomic E-state index is -0.818. The quantitative estimate of drug-likeness (QED) is 0.841. The molecule has 0 radical (unpaired) electrons. The first kappa shape index (κ1) is 12.2. The van der Waals surface area contributed by atoms with E-state index < -0.39 is 5.97 Å². The first-order valence-electron chi connectivity index (χ1n) is 5.55. The molecule has 1 unspecified atom stereocenters. The molecule has 0 saturated carbocycles. The molecular weight excluding hydrogens is 234 g/mol. The molecule has 0 aliphatic heterocycles. The van der Waals surface area contributed by atoms with E-state index in [0.29, 0.717) is 12.4 Å². The normalized spacial score (nSPS) is 12.3. The van der Waals surface area contributed by atoms with Crippen molar-refractivity contribution in [1.82, 2.24) is 25.2 Å². The Bertz CT molecular complexity index is 525. The maximum absolute atomic E-state index is 10.6. The van der Waals surface area contributed by atoms with Gasteiger partial charge in [-0.2, -0.15) is 0 Å². The Morgan fingerprint density at radius 3 is 2.83 bits per heavy atom. The molecule has 0 aliphatic carbocycles. The third-order valence-corrected chi connectivity index (χ3v) is 2.48. The molecule has 0 aromatic carbocycles. The van der Waals surface area contributed by atoms with E-state index >= 15 is 0 Å². The molecule has 2 aromatic rings. The van der Waals surface area contributed by atoms with Crippen LogP contribution in [0.25, 0.3) is 11.4 Å². The third-order valence-electron chi connectivity index (χ3n) is 2.48. The van der Waals surface area contributed by atoms with Gasteiger partial charge in [-0.3, -0.25) is 9.78 Å². The van der Waals surface area contributed by atoms with Gasteiger partial charge in [0.05, 0.1) is 0 Å². The molecule has 2 rings (SSSR count). The van der Waals surface area contributed by atoms with Crippen molar-refractivity contribution in [3.63, 3.8) is 0 Å². The van der Waals surface area contributed by atoms with Crippen LogP contribution in [0.3, 0.4) is 0 Å². The van der Waals surface area contributed by atoms with Gasteiger partial charge in [0.15, 0.2) is 5.82 Å². The van der Waals surface area contributed by atoms with E-state index in [-0.39, 0.29) is 12.3 Å². The molecule has 7 heteroatoms. The molecule has 0 amide bonds. The van der Waals surface area contributed by atoms with Crippen LogP contribution in [0.2, 0.25) is 0 Å². The average molecular weight is 247 g/mol. The highest BCUT2D eigenvalue weighted by Crippen LogP contribution is 2.16. The summed E-state index contributed by atoms with van der Waals surface area (Å²) in [4.78, 5) is 14.6. The number of rotatable bonds is 5. The molecule has 2 aromatic heterocycles. The summed E-state index contributed by atoms with van der Waals surface area (Å²) in [6.45, 7) is 2.32. The average Bonchev–Trinajstić information content (AvgIpc) is 2.77. The Morgan fingerprint density at radius 2 is 2.17 bits per heavy atom. The predicted octanol–water partition coefficient (Wildman–Crippen LogP) is 0.846. The number of hydrogen-bond donors (Lipinski definition) is 1. The number of pyridine rings is 1. The lowest BCUT2D eigenvalue weighted by Gasteiger charge is -2.09. The van der Waals surface area contributed by atoms with E-state index in [1.54, 1.807) is 17.1 Å². The zero-order chi connectivity index (χ0) is 13.0. The number of carbonyl (C=O) groups is 1. The van der Waals surface area contributed by atoms with Crippen LogP contribution in [-0.4, -0.2) is 36.3 Å². The van der Waals surface area contributed by atoms with Crippen molar-refractivity contribution >= 4 is 5.97 Å². The van der Waals surface area contributed by atoms with Crippen molar-refractivity contribution in [1.29, 1.82) is 0 Å². The lowest BCUT2D eigenvalue weighted by molar-refractivity contribution is -0.138. The minimum Gasteiger partial charge on any atom is -0.481 e. The van der Waals surface area contributed by atoms with E-state index in [9.17, 15) is 4.79 Å². The molecule has 0 aliphatic rings. The van der Waals surface area contributed by atoms with Crippen LogP contribution in [0, 0.1) is 5.92 Å². The van der Waals surface area contributed by atoms with Crippen molar-refractivity contribution in [2.45, 2.75) is 19.9 Å². The van der Waals surface area contributed by atoms with Gasteiger partial charge in [-0.1, -0.05) is 6.92 Å². The third kappa shape index (κ3) is 2.88. The molecular formula is C11H13N5O2. The maximum atomic E-state index is 10.6. The second-order valence-corrected chi connectivity index (χ2v) is 4.12. The van der Waals surface area contributed by atoms with Crippen molar-refractivity contribution in [3.05, 3.63) is 24.5 Å². The molecule has 7 nitrogen and oxygen atoms in total. The molecule has 0 saturated heterocycles. The second kappa shape index (κ2) is 5.35. The topological polar surface area (TPSA) is 93.8 Å². The van der Waals surface area contributed by atoms with Gasteiger partial charge in [0.1, 0.15) is 0 Å². The summed E-state index contributed by atoms with van der Waals surface area (Å²) in [5.41, 5.74) is 0.859. The van der Waals surface area contributed by atoms with Crippen molar-refractivity contribution in [2.24, 2.45) is 5.92 Å². The molecule has 18 heavy (non-hydrogen) atoms. The fraction of sp³-hybridized carbons (Fsp3) is 0.364. The van der Waals surface area contributed by atoms with E-state index in [1.165, 1.54) is 0 Å². The number of carboxylic acid groups (broad SMARTS) is 1. The zero-order valence-electron chi connectivity index (χ0n) is 9.89. The summed E-state index contributed by atoms with van der Waals surface area (Å²) in [5.74, 6) is -0.234. The van der Waals surface area contributed by atoms with Crippen LogP contribution in [-0.2, 0) is 11.3 Å². The van der Waals surface area contributed by atoms with Gasteiger partial charge >= 0.3 is 5.97 Å².